The Bertz CT molecular complexity index is 48.7. The fourth-order valence-electron chi connectivity index (χ4n) is 0.865. The zero-order valence-corrected chi connectivity index (χ0v) is 4.07. The smallest absolute Gasteiger partial charge is 0.0419 e. The van der Waals surface area contributed by atoms with Crippen LogP contribution in [0.2, 0.25) is 11.6 Å². The van der Waals surface area contributed by atoms with Crippen molar-refractivity contribution in [3.8, 4) is 0 Å². The van der Waals surface area contributed by atoms with E-state index in [0.29, 0.717) is 0 Å². The van der Waals surface area contributed by atoms with Gasteiger partial charge in [0.2, 0.25) is 0 Å². The molecule has 0 aromatic heterocycles. The molecule has 0 spiro atoms. The van der Waals surface area contributed by atoms with Crippen molar-refractivity contribution in [1.29, 1.82) is 0 Å². The van der Waals surface area contributed by atoms with Gasteiger partial charge in [0.15, 0.2) is 0 Å². The molecule has 1 aliphatic heterocycles. The second-order valence-electron chi connectivity index (χ2n) is 2.01. The van der Waals surface area contributed by atoms with Crippen LogP contribution in [0.15, 0.2) is 0 Å². The van der Waals surface area contributed by atoms with E-state index >= 15 is 0 Å². The standard InChI is InChI=1S/C4H6Si/c1-3-2-5-4(1)3/h3-4H,1-2H2. The summed E-state index contributed by atoms with van der Waals surface area (Å²) < 4.78 is 0. The number of hydrogen-bond acceptors (Lipinski definition) is 0. The topological polar surface area (TPSA) is 0 Å². The summed E-state index contributed by atoms with van der Waals surface area (Å²) in [6, 6.07) is 1.59. The van der Waals surface area contributed by atoms with Gasteiger partial charge in [-0.05, 0) is 11.5 Å². The summed E-state index contributed by atoms with van der Waals surface area (Å²) in [5, 5.41) is 0. The number of hydrogen-bond donors (Lipinski definition) is 0. The first-order valence-corrected chi connectivity index (χ1v) is 3.48. The minimum atomic E-state index is 1.24. The van der Waals surface area contributed by atoms with Gasteiger partial charge in [-0.25, -0.2) is 0 Å². The third-order valence-corrected chi connectivity index (χ3v) is 3.56. The van der Waals surface area contributed by atoms with E-state index in [1.807, 2.05) is 0 Å². The van der Waals surface area contributed by atoms with Crippen LogP contribution in [0.25, 0.3) is 0 Å². The van der Waals surface area contributed by atoms with Crippen molar-refractivity contribution >= 4 is 9.52 Å². The van der Waals surface area contributed by atoms with Crippen molar-refractivity contribution in [1.82, 2.24) is 0 Å². The van der Waals surface area contributed by atoms with Crippen LogP contribution in [0.5, 0.6) is 0 Å². The Labute approximate surface area is 34.4 Å². The molecule has 0 amide bonds. The molecule has 1 heteroatoms. The van der Waals surface area contributed by atoms with Gasteiger partial charge in [0.05, 0.1) is 0 Å². The summed E-state index contributed by atoms with van der Waals surface area (Å²) in [6.07, 6.45) is 1.60. The van der Waals surface area contributed by atoms with Crippen molar-refractivity contribution in [2.45, 2.75) is 18.0 Å². The zero-order valence-electron chi connectivity index (χ0n) is 3.07. The van der Waals surface area contributed by atoms with Gasteiger partial charge in [-0.15, -0.1) is 0 Å². The lowest BCUT2D eigenvalue weighted by molar-refractivity contribution is 0.904. The molecular weight excluding hydrogens is 76.1 g/mol. The molecule has 2 radical (unpaired) electrons. The third-order valence-electron chi connectivity index (χ3n) is 1.56. The predicted octanol–water partition coefficient (Wildman–Crippen LogP) is 0.931. The fourth-order valence-corrected chi connectivity index (χ4v) is 2.40. The lowest BCUT2D eigenvalue weighted by atomic mass is 10.5. The summed E-state index contributed by atoms with van der Waals surface area (Å²) in [4.78, 5) is 0. The predicted molar refractivity (Wildman–Crippen MR) is 22.4 cm³/mol. The highest BCUT2D eigenvalue weighted by atomic mass is 28.2. The van der Waals surface area contributed by atoms with Gasteiger partial charge in [0.1, 0.15) is 0 Å². The first-order valence-electron chi connectivity index (χ1n) is 2.20. The zero-order chi connectivity index (χ0) is 3.28. The van der Waals surface area contributed by atoms with Crippen molar-refractivity contribution in [3.05, 3.63) is 0 Å². The largest absolute Gasteiger partial charge is 0.0582 e. The maximum absolute atomic E-state index is 1.60. The molecule has 0 aromatic carbocycles. The molecule has 0 N–H and O–H groups in total. The van der Waals surface area contributed by atoms with Gasteiger partial charge >= 0.3 is 0 Å². The summed E-state index contributed by atoms with van der Waals surface area (Å²) in [5.74, 6) is 1.24. The van der Waals surface area contributed by atoms with E-state index in [2.05, 4.69) is 0 Å². The summed E-state index contributed by atoms with van der Waals surface area (Å²) in [7, 11) is 1.37. The SMILES string of the molecule is C1[Si]C2CC12. The van der Waals surface area contributed by atoms with Crippen molar-refractivity contribution in [2.24, 2.45) is 5.92 Å². The van der Waals surface area contributed by atoms with Gasteiger partial charge in [-0.1, -0.05) is 12.5 Å². The monoisotopic (exact) mass is 82.0 g/mol. The highest BCUT2D eigenvalue weighted by Crippen LogP contribution is 2.56. The van der Waals surface area contributed by atoms with Crippen LogP contribution in [-0.4, -0.2) is 9.52 Å². The van der Waals surface area contributed by atoms with Gasteiger partial charge in [0.25, 0.3) is 0 Å². The molecule has 0 aromatic rings. The Morgan fingerprint density at radius 2 is 2.40 bits per heavy atom. The molecule has 5 heavy (non-hydrogen) atoms. The third kappa shape index (κ3) is 0.165. The van der Waals surface area contributed by atoms with Crippen LogP contribution in [-0.2, 0) is 0 Å². The Balaban J connectivity index is 2.19. The normalized spacial score (nSPS) is 57.6. The van der Waals surface area contributed by atoms with Crippen LogP contribution in [0.4, 0.5) is 0 Å². The summed E-state index contributed by atoms with van der Waals surface area (Å²) >= 11 is 0. The van der Waals surface area contributed by atoms with Crippen LogP contribution in [0, 0.1) is 5.92 Å². The van der Waals surface area contributed by atoms with E-state index in [0.717, 1.165) is 0 Å². The maximum atomic E-state index is 1.60. The van der Waals surface area contributed by atoms with Crippen LogP contribution in [0.1, 0.15) is 6.42 Å². The molecule has 2 aliphatic rings. The van der Waals surface area contributed by atoms with E-state index in [1.165, 1.54) is 21.0 Å². The highest BCUT2D eigenvalue weighted by molar-refractivity contribution is 6.44. The average Bonchev–Trinajstić information content (AvgIpc) is 1.74. The number of rotatable bonds is 0. The molecule has 0 nitrogen and oxygen atoms in total. The second-order valence-corrected chi connectivity index (χ2v) is 3.57. The number of fused-ring (bicyclic) bond motifs is 1. The molecule has 1 heterocycles. The van der Waals surface area contributed by atoms with Gasteiger partial charge in [-0.2, -0.15) is 0 Å². The molecule has 2 unspecified atom stereocenters. The van der Waals surface area contributed by atoms with Gasteiger partial charge in [0, 0.05) is 9.52 Å². The first-order chi connectivity index (χ1) is 2.47. The molecule has 2 fully saturated rings. The Hall–Kier alpha value is 0.217. The van der Waals surface area contributed by atoms with E-state index < -0.39 is 0 Å². The van der Waals surface area contributed by atoms with Crippen LogP contribution in [0.3, 0.4) is 0 Å². The van der Waals surface area contributed by atoms with Crippen LogP contribution >= 0.6 is 0 Å². The molecular formula is C4H6Si. The average molecular weight is 82.2 g/mol. The van der Waals surface area contributed by atoms with Crippen molar-refractivity contribution in [3.63, 3.8) is 0 Å². The van der Waals surface area contributed by atoms with Crippen molar-refractivity contribution in [2.75, 3.05) is 0 Å². The maximum Gasteiger partial charge on any atom is 0.0419 e. The fraction of sp³-hybridized carbons (Fsp3) is 1.00. The van der Waals surface area contributed by atoms with E-state index in [1.54, 1.807) is 12.5 Å². The highest BCUT2D eigenvalue weighted by Gasteiger charge is 2.45. The summed E-state index contributed by atoms with van der Waals surface area (Å²) in [6.45, 7) is 0. The van der Waals surface area contributed by atoms with E-state index in [9.17, 15) is 0 Å². The second kappa shape index (κ2) is 0.514. The van der Waals surface area contributed by atoms with Gasteiger partial charge in [-0.3, -0.25) is 0 Å². The molecule has 0 bridgehead atoms. The first kappa shape index (κ1) is 2.40. The summed E-state index contributed by atoms with van der Waals surface area (Å²) in [5.41, 5.74) is 1.26. The lowest BCUT2D eigenvalue weighted by Gasteiger charge is -2.03. The minimum Gasteiger partial charge on any atom is -0.0582 e. The molecule has 2 atom stereocenters. The minimum absolute atomic E-state index is 1.24. The Morgan fingerprint density at radius 1 is 1.60 bits per heavy atom. The van der Waals surface area contributed by atoms with Gasteiger partial charge < -0.3 is 0 Å². The Kier molecular flexibility index (Phi) is 0.247. The molecule has 26 valence electrons. The lowest BCUT2D eigenvalue weighted by Crippen LogP contribution is -2.01. The van der Waals surface area contributed by atoms with Crippen LogP contribution < -0.4 is 0 Å². The molecule has 1 saturated carbocycles. The Morgan fingerprint density at radius 3 is 2.40 bits per heavy atom. The molecule has 2 rings (SSSR count). The van der Waals surface area contributed by atoms with E-state index in [-0.39, 0.29) is 0 Å². The van der Waals surface area contributed by atoms with Crippen molar-refractivity contribution < 1.29 is 0 Å². The molecule has 1 saturated heterocycles. The van der Waals surface area contributed by atoms with E-state index in [4.69, 9.17) is 0 Å². The quantitative estimate of drug-likeness (QED) is 0.381. The molecule has 1 aliphatic carbocycles.